The second-order valence-corrected chi connectivity index (χ2v) is 5.24. The van der Waals surface area contributed by atoms with Crippen LogP contribution in [0.5, 0.6) is 0 Å². The minimum absolute atomic E-state index is 0.0224. The lowest BCUT2D eigenvalue weighted by Gasteiger charge is -2.35. The Balaban J connectivity index is 2.39. The highest BCUT2D eigenvalue weighted by Crippen LogP contribution is 2.19. The van der Waals surface area contributed by atoms with E-state index in [0.717, 1.165) is 0 Å². The van der Waals surface area contributed by atoms with E-state index in [2.05, 4.69) is 15.3 Å². The van der Waals surface area contributed by atoms with Crippen LogP contribution in [0.2, 0.25) is 0 Å². The van der Waals surface area contributed by atoms with Crippen molar-refractivity contribution in [2.45, 2.75) is 32.2 Å². The molecule has 1 amide bonds. The zero-order valence-corrected chi connectivity index (χ0v) is 11.9. The van der Waals surface area contributed by atoms with Crippen LogP contribution in [0, 0.1) is 0 Å². The summed E-state index contributed by atoms with van der Waals surface area (Å²) in [5.74, 6) is -0.567. The summed E-state index contributed by atoms with van der Waals surface area (Å²) < 4.78 is 0. The number of carboxylic acids is 1. The van der Waals surface area contributed by atoms with Gasteiger partial charge in [-0.25, -0.2) is 4.98 Å². The SMILES string of the molecule is CC(C)c1nc(N2CCNC(=O)C2CC(=O)O)cc(=O)[nH]1. The predicted octanol–water partition coefficient (Wildman–Crippen LogP) is -0.327. The molecule has 2 rings (SSSR count). The molecule has 8 nitrogen and oxygen atoms in total. The van der Waals surface area contributed by atoms with Crippen molar-refractivity contribution in [3.05, 3.63) is 22.2 Å². The van der Waals surface area contributed by atoms with E-state index in [9.17, 15) is 14.4 Å². The van der Waals surface area contributed by atoms with Crippen molar-refractivity contribution in [3.63, 3.8) is 0 Å². The fourth-order valence-corrected chi connectivity index (χ4v) is 2.24. The molecule has 0 aromatic carbocycles. The number of anilines is 1. The molecular formula is C13H18N4O4. The molecule has 1 aromatic heterocycles. The van der Waals surface area contributed by atoms with Crippen LogP contribution in [0.4, 0.5) is 5.82 Å². The highest BCUT2D eigenvalue weighted by Gasteiger charge is 2.32. The van der Waals surface area contributed by atoms with Crippen LogP contribution >= 0.6 is 0 Å². The first-order valence-electron chi connectivity index (χ1n) is 6.76. The lowest BCUT2D eigenvalue weighted by molar-refractivity contribution is -0.139. The molecule has 1 unspecified atom stereocenters. The Morgan fingerprint density at radius 2 is 2.24 bits per heavy atom. The van der Waals surface area contributed by atoms with Gasteiger partial charge in [-0.2, -0.15) is 0 Å². The van der Waals surface area contributed by atoms with Crippen molar-refractivity contribution in [3.8, 4) is 0 Å². The number of aromatic amines is 1. The number of nitrogens with zero attached hydrogens (tertiary/aromatic N) is 2. The number of amides is 1. The number of carboxylic acid groups (broad SMARTS) is 1. The molecule has 2 heterocycles. The number of carbonyl (C=O) groups is 2. The minimum atomic E-state index is -1.07. The van der Waals surface area contributed by atoms with Crippen molar-refractivity contribution < 1.29 is 14.7 Å². The van der Waals surface area contributed by atoms with Crippen LogP contribution in [0.3, 0.4) is 0 Å². The first-order valence-corrected chi connectivity index (χ1v) is 6.76. The quantitative estimate of drug-likeness (QED) is 0.700. The normalized spacial score (nSPS) is 18.7. The van der Waals surface area contributed by atoms with E-state index >= 15 is 0 Å². The highest BCUT2D eigenvalue weighted by molar-refractivity contribution is 5.90. The maximum absolute atomic E-state index is 11.9. The molecule has 8 heteroatoms. The number of carbonyl (C=O) groups excluding carboxylic acids is 1. The van der Waals surface area contributed by atoms with Crippen LogP contribution in [0.15, 0.2) is 10.9 Å². The molecule has 0 aliphatic carbocycles. The number of hydrogen-bond donors (Lipinski definition) is 3. The average molecular weight is 294 g/mol. The number of nitrogens with one attached hydrogen (secondary N) is 2. The largest absolute Gasteiger partial charge is 0.481 e. The van der Waals surface area contributed by atoms with Gasteiger partial charge in [-0.1, -0.05) is 13.8 Å². The van der Waals surface area contributed by atoms with Gasteiger partial charge >= 0.3 is 5.97 Å². The predicted molar refractivity (Wildman–Crippen MR) is 75.3 cm³/mol. The lowest BCUT2D eigenvalue weighted by atomic mass is 10.1. The number of rotatable bonds is 4. The molecule has 3 N–H and O–H groups in total. The first kappa shape index (κ1) is 15.0. The van der Waals surface area contributed by atoms with Gasteiger partial charge in [0.15, 0.2) is 0 Å². The Hall–Kier alpha value is -2.38. The Kier molecular flexibility index (Phi) is 4.25. The summed E-state index contributed by atoms with van der Waals surface area (Å²) >= 11 is 0. The Morgan fingerprint density at radius 3 is 2.86 bits per heavy atom. The maximum Gasteiger partial charge on any atom is 0.305 e. The average Bonchev–Trinajstić information content (AvgIpc) is 2.39. The summed E-state index contributed by atoms with van der Waals surface area (Å²) in [4.78, 5) is 43.1. The van der Waals surface area contributed by atoms with Gasteiger partial charge in [0.05, 0.1) is 6.42 Å². The second kappa shape index (κ2) is 5.94. The summed E-state index contributed by atoms with van der Waals surface area (Å²) in [6.07, 6.45) is -0.336. The number of aromatic nitrogens is 2. The van der Waals surface area contributed by atoms with E-state index in [-0.39, 0.29) is 23.8 Å². The molecule has 1 saturated heterocycles. The van der Waals surface area contributed by atoms with Crippen molar-refractivity contribution in [1.29, 1.82) is 0 Å². The smallest absolute Gasteiger partial charge is 0.305 e. The molecule has 114 valence electrons. The van der Waals surface area contributed by atoms with E-state index in [1.54, 1.807) is 4.90 Å². The van der Waals surface area contributed by atoms with Crippen LogP contribution in [-0.2, 0) is 9.59 Å². The van der Waals surface area contributed by atoms with E-state index in [1.165, 1.54) is 6.07 Å². The van der Waals surface area contributed by atoms with Crippen molar-refractivity contribution >= 4 is 17.7 Å². The maximum atomic E-state index is 11.9. The number of hydrogen-bond acceptors (Lipinski definition) is 5. The third-order valence-corrected chi connectivity index (χ3v) is 3.29. The third-order valence-electron chi connectivity index (χ3n) is 3.29. The van der Waals surface area contributed by atoms with E-state index in [1.807, 2.05) is 13.8 Å². The van der Waals surface area contributed by atoms with Gasteiger partial charge < -0.3 is 20.3 Å². The van der Waals surface area contributed by atoms with Gasteiger partial charge in [-0.3, -0.25) is 14.4 Å². The second-order valence-electron chi connectivity index (χ2n) is 5.24. The van der Waals surface area contributed by atoms with Crippen LogP contribution in [0.25, 0.3) is 0 Å². The third kappa shape index (κ3) is 3.39. The van der Waals surface area contributed by atoms with E-state index < -0.39 is 12.0 Å². The highest BCUT2D eigenvalue weighted by atomic mass is 16.4. The monoisotopic (exact) mass is 294 g/mol. The minimum Gasteiger partial charge on any atom is -0.481 e. The molecule has 1 aromatic rings. The zero-order valence-electron chi connectivity index (χ0n) is 11.9. The van der Waals surface area contributed by atoms with E-state index in [4.69, 9.17) is 5.11 Å². The number of H-pyrrole nitrogens is 1. The summed E-state index contributed by atoms with van der Waals surface area (Å²) in [5.41, 5.74) is -0.316. The molecule has 1 fully saturated rings. The van der Waals surface area contributed by atoms with Gasteiger partial charge in [-0.15, -0.1) is 0 Å². The van der Waals surface area contributed by atoms with Crippen LogP contribution < -0.4 is 15.8 Å². The van der Waals surface area contributed by atoms with Crippen molar-refractivity contribution in [2.24, 2.45) is 0 Å². The van der Waals surface area contributed by atoms with Crippen LogP contribution in [-0.4, -0.2) is 46.1 Å². The summed E-state index contributed by atoms with van der Waals surface area (Å²) in [5, 5.41) is 11.6. The van der Waals surface area contributed by atoms with E-state index in [0.29, 0.717) is 24.7 Å². The molecule has 1 aliphatic rings. The molecule has 0 radical (unpaired) electrons. The molecule has 0 bridgehead atoms. The van der Waals surface area contributed by atoms with Gasteiger partial charge in [0, 0.05) is 25.1 Å². The fraction of sp³-hybridized carbons (Fsp3) is 0.538. The standard InChI is InChI=1S/C13H18N4O4/c1-7(2)12-15-9(6-10(18)16-12)17-4-3-14-13(21)8(17)5-11(19)20/h6-8H,3-5H2,1-2H3,(H,14,21)(H,19,20)(H,15,16,18). The summed E-state index contributed by atoms with van der Waals surface area (Å²) in [6.45, 7) is 4.58. The Bertz CT molecular complexity index is 610. The first-order chi connectivity index (χ1) is 9.88. The zero-order chi connectivity index (χ0) is 15.6. The van der Waals surface area contributed by atoms with Gasteiger partial charge in [0.1, 0.15) is 17.7 Å². The van der Waals surface area contributed by atoms with Crippen LogP contribution in [0.1, 0.15) is 32.0 Å². The Morgan fingerprint density at radius 1 is 1.52 bits per heavy atom. The molecular weight excluding hydrogens is 276 g/mol. The topological polar surface area (TPSA) is 115 Å². The number of aliphatic carboxylic acids is 1. The lowest BCUT2D eigenvalue weighted by Crippen LogP contribution is -2.56. The summed E-state index contributed by atoms with van der Waals surface area (Å²) in [6, 6.07) is 0.435. The molecule has 1 atom stereocenters. The Labute approximate surface area is 121 Å². The van der Waals surface area contributed by atoms with Crippen molar-refractivity contribution in [1.82, 2.24) is 15.3 Å². The fourth-order valence-electron chi connectivity index (χ4n) is 2.24. The van der Waals surface area contributed by atoms with Gasteiger partial charge in [-0.05, 0) is 0 Å². The molecule has 0 spiro atoms. The van der Waals surface area contributed by atoms with Gasteiger partial charge in [0.25, 0.3) is 5.56 Å². The molecule has 21 heavy (non-hydrogen) atoms. The van der Waals surface area contributed by atoms with Crippen molar-refractivity contribution in [2.75, 3.05) is 18.0 Å². The molecule has 1 aliphatic heterocycles. The van der Waals surface area contributed by atoms with Gasteiger partial charge in [0.2, 0.25) is 5.91 Å². The number of piperazine rings is 1. The summed E-state index contributed by atoms with van der Waals surface area (Å²) in [7, 11) is 0. The molecule has 0 saturated carbocycles.